The number of para-hydroxylation sites is 1. The van der Waals surface area contributed by atoms with Crippen molar-refractivity contribution in [2.75, 3.05) is 16.4 Å². The minimum atomic E-state index is -3.13. The lowest BCUT2D eigenvalue weighted by Gasteiger charge is -2.25. The first-order valence-electron chi connectivity index (χ1n) is 8.60. The summed E-state index contributed by atoms with van der Waals surface area (Å²) in [6.07, 6.45) is 0.0771. The molecule has 2 heterocycles. The molecule has 2 aliphatic rings. The highest BCUT2D eigenvalue weighted by atomic mass is 35.5. The summed E-state index contributed by atoms with van der Waals surface area (Å²) < 4.78 is 24.2. The van der Waals surface area contributed by atoms with E-state index in [4.69, 9.17) is 23.2 Å². The summed E-state index contributed by atoms with van der Waals surface area (Å²) in [7, 11) is -3.13. The number of anilines is 1. The topological polar surface area (TPSA) is 66.8 Å². The first-order chi connectivity index (χ1) is 13.3. The van der Waals surface area contributed by atoms with Crippen LogP contribution in [0.1, 0.15) is 5.56 Å². The minimum absolute atomic E-state index is 0.0214. The Balaban J connectivity index is 1.67. The number of halogens is 2. The molecule has 0 aromatic heterocycles. The molecule has 9 heteroatoms. The van der Waals surface area contributed by atoms with Crippen molar-refractivity contribution in [3.63, 3.8) is 0 Å². The van der Waals surface area contributed by atoms with Crippen LogP contribution in [0.2, 0.25) is 10.0 Å². The molecule has 2 fully saturated rings. The second-order valence-electron chi connectivity index (χ2n) is 6.68. The molecule has 0 bridgehead atoms. The van der Waals surface area contributed by atoms with E-state index in [1.54, 1.807) is 35.2 Å². The molecular formula is C19H16Cl2N2O3S2. The lowest BCUT2D eigenvalue weighted by atomic mass is 10.1. The summed E-state index contributed by atoms with van der Waals surface area (Å²) in [5.74, 6) is -0.246. The van der Waals surface area contributed by atoms with Crippen LogP contribution in [0.25, 0.3) is 0 Å². The minimum Gasteiger partial charge on any atom is -0.314 e. The summed E-state index contributed by atoms with van der Waals surface area (Å²) in [4.78, 5) is 18.7. The van der Waals surface area contributed by atoms with E-state index in [9.17, 15) is 13.2 Å². The molecule has 0 unspecified atom stereocenters. The SMILES string of the molecule is O=C(Cc1ccccc1Cl)N=C1S[C@@H]2CS(=O)(=O)C[C@H]2N1c1ccccc1Cl. The largest absolute Gasteiger partial charge is 0.314 e. The quantitative estimate of drug-likeness (QED) is 0.704. The number of thioether (sulfide) groups is 1. The fourth-order valence-electron chi connectivity index (χ4n) is 3.44. The first kappa shape index (κ1) is 19.8. The zero-order valence-corrected chi connectivity index (χ0v) is 17.7. The van der Waals surface area contributed by atoms with Crippen LogP contribution < -0.4 is 4.90 Å². The highest BCUT2D eigenvalue weighted by Crippen LogP contribution is 2.43. The molecule has 0 N–H and O–H groups in total. The lowest BCUT2D eigenvalue weighted by molar-refractivity contribution is -0.117. The van der Waals surface area contributed by atoms with Gasteiger partial charge in [-0.2, -0.15) is 4.99 Å². The third-order valence-electron chi connectivity index (χ3n) is 4.70. The number of fused-ring (bicyclic) bond motifs is 1. The van der Waals surface area contributed by atoms with E-state index in [0.29, 0.717) is 26.5 Å². The maximum absolute atomic E-state index is 12.6. The molecular weight excluding hydrogens is 439 g/mol. The number of hydrogen-bond donors (Lipinski definition) is 0. The molecule has 146 valence electrons. The van der Waals surface area contributed by atoms with E-state index in [1.165, 1.54) is 11.8 Å². The maximum atomic E-state index is 12.6. The molecule has 28 heavy (non-hydrogen) atoms. The van der Waals surface area contributed by atoms with Gasteiger partial charge in [-0.3, -0.25) is 4.79 Å². The van der Waals surface area contributed by atoms with Crippen molar-refractivity contribution in [2.24, 2.45) is 4.99 Å². The average molecular weight is 455 g/mol. The van der Waals surface area contributed by atoms with Crippen molar-refractivity contribution in [3.05, 3.63) is 64.1 Å². The normalized spacial score (nSPS) is 24.5. The zero-order valence-electron chi connectivity index (χ0n) is 14.6. The molecule has 2 aromatic rings. The number of sulfone groups is 1. The van der Waals surface area contributed by atoms with Crippen molar-refractivity contribution in [3.8, 4) is 0 Å². The Hall–Kier alpha value is -1.54. The number of aliphatic imine (C=N–C) groups is 1. The van der Waals surface area contributed by atoms with Crippen LogP contribution in [0.4, 0.5) is 5.69 Å². The Morgan fingerprint density at radius 1 is 1.07 bits per heavy atom. The van der Waals surface area contributed by atoms with Crippen LogP contribution in [0, 0.1) is 0 Å². The number of rotatable bonds is 3. The number of benzene rings is 2. The van der Waals surface area contributed by atoms with Gasteiger partial charge in [0.15, 0.2) is 15.0 Å². The Kier molecular flexibility index (Phi) is 5.44. The van der Waals surface area contributed by atoms with E-state index < -0.39 is 9.84 Å². The average Bonchev–Trinajstić information content (AvgIpc) is 3.08. The monoisotopic (exact) mass is 454 g/mol. The number of carbonyl (C=O) groups excluding carboxylic acids is 1. The molecule has 0 radical (unpaired) electrons. The van der Waals surface area contributed by atoms with Gasteiger partial charge in [-0.1, -0.05) is 65.3 Å². The second-order valence-corrected chi connectivity index (χ2v) is 10.9. The number of nitrogens with zero attached hydrogens (tertiary/aromatic N) is 2. The molecule has 2 aliphatic heterocycles. The van der Waals surface area contributed by atoms with Gasteiger partial charge in [-0.15, -0.1) is 0 Å². The molecule has 2 aromatic carbocycles. The molecule has 2 atom stereocenters. The highest BCUT2D eigenvalue weighted by Gasteiger charge is 2.49. The van der Waals surface area contributed by atoms with Gasteiger partial charge >= 0.3 is 0 Å². The van der Waals surface area contributed by atoms with Crippen LogP contribution in [-0.4, -0.2) is 42.3 Å². The smallest absolute Gasteiger partial charge is 0.252 e. The van der Waals surface area contributed by atoms with Gasteiger partial charge in [-0.25, -0.2) is 8.42 Å². The van der Waals surface area contributed by atoms with Gasteiger partial charge in [0, 0.05) is 10.3 Å². The van der Waals surface area contributed by atoms with Crippen molar-refractivity contribution in [2.45, 2.75) is 17.7 Å². The summed E-state index contributed by atoms with van der Waals surface area (Å²) in [5.41, 5.74) is 1.36. The van der Waals surface area contributed by atoms with Crippen molar-refractivity contribution in [1.29, 1.82) is 0 Å². The second kappa shape index (κ2) is 7.71. The predicted octanol–water partition coefficient (Wildman–Crippen LogP) is 3.84. The fourth-order valence-corrected chi connectivity index (χ4v) is 7.80. The fraction of sp³-hybridized carbons (Fsp3) is 0.263. The molecule has 2 saturated heterocycles. The number of hydrogen-bond acceptors (Lipinski definition) is 4. The van der Waals surface area contributed by atoms with E-state index >= 15 is 0 Å². The van der Waals surface area contributed by atoms with Gasteiger partial charge in [0.05, 0.1) is 34.7 Å². The van der Waals surface area contributed by atoms with Gasteiger partial charge in [-0.05, 0) is 23.8 Å². The van der Waals surface area contributed by atoms with Gasteiger partial charge in [0.1, 0.15) is 0 Å². The molecule has 0 spiro atoms. The molecule has 0 aliphatic carbocycles. The van der Waals surface area contributed by atoms with E-state index in [0.717, 1.165) is 0 Å². The molecule has 5 nitrogen and oxygen atoms in total. The molecule has 1 amide bonds. The Labute approximate surface area is 177 Å². The summed E-state index contributed by atoms with van der Waals surface area (Å²) in [6.45, 7) is 0. The summed E-state index contributed by atoms with van der Waals surface area (Å²) in [5, 5.41) is 1.31. The number of carbonyl (C=O) groups is 1. The number of amides is 1. The van der Waals surface area contributed by atoms with E-state index in [-0.39, 0.29) is 35.1 Å². The third kappa shape index (κ3) is 3.94. The van der Waals surface area contributed by atoms with Crippen molar-refractivity contribution < 1.29 is 13.2 Å². The van der Waals surface area contributed by atoms with Crippen LogP contribution in [-0.2, 0) is 21.1 Å². The van der Waals surface area contributed by atoms with Crippen LogP contribution in [0.15, 0.2) is 53.5 Å². The van der Waals surface area contributed by atoms with Crippen molar-refractivity contribution >= 4 is 61.6 Å². The highest BCUT2D eigenvalue weighted by molar-refractivity contribution is 8.16. The first-order valence-corrected chi connectivity index (χ1v) is 12.1. The summed E-state index contributed by atoms with van der Waals surface area (Å²) in [6, 6.07) is 14.0. The van der Waals surface area contributed by atoms with E-state index in [2.05, 4.69) is 4.99 Å². The van der Waals surface area contributed by atoms with Crippen molar-refractivity contribution in [1.82, 2.24) is 0 Å². The van der Waals surface area contributed by atoms with Gasteiger partial charge < -0.3 is 4.90 Å². The molecule has 4 rings (SSSR count). The third-order valence-corrected chi connectivity index (χ3v) is 8.60. The Bertz CT molecular complexity index is 1070. The van der Waals surface area contributed by atoms with E-state index in [1.807, 2.05) is 18.2 Å². The van der Waals surface area contributed by atoms with Crippen LogP contribution in [0.3, 0.4) is 0 Å². The maximum Gasteiger partial charge on any atom is 0.252 e. The van der Waals surface area contributed by atoms with Crippen LogP contribution in [0.5, 0.6) is 0 Å². The lowest BCUT2D eigenvalue weighted by Crippen LogP contribution is -2.38. The zero-order chi connectivity index (χ0) is 19.9. The van der Waals surface area contributed by atoms with Gasteiger partial charge in [0.2, 0.25) is 0 Å². The predicted molar refractivity (Wildman–Crippen MR) is 115 cm³/mol. The Morgan fingerprint density at radius 3 is 2.46 bits per heavy atom. The van der Waals surface area contributed by atoms with Crippen LogP contribution >= 0.6 is 35.0 Å². The number of amidine groups is 1. The summed E-state index contributed by atoms with van der Waals surface area (Å²) >= 11 is 13.8. The standard InChI is InChI=1S/C19H16Cl2N2O3S2/c20-13-6-2-1-5-12(13)9-18(24)22-19-23(15-8-4-3-7-14(15)21)16-10-28(25,26)11-17(16)27-19/h1-8,16-17H,9-11H2/t16-,17-/m1/s1. The molecule has 0 saturated carbocycles. The van der Waals surface area contributed by atoms with Gasteiger partial charge in [0.25, 0.3) is 5.91 Å². The Morgan fingerprint density at radius 2 is 1.75 bits per heavy atom.